The van der Waals surface area contributed by atoms with Gasteiger partial charge in [-0.05, 0) is 31.0 Å². The highest BCUT2D eigenvalue weighted by Gasteiger charge is 2.27. The number of terminal acetylenes is 1. The monoisotopic (exact) mass is 362 g/mol. The van der Waals surface area contributed by atoms with Crippen LogP contribution in [0.3, 0.4) is 0 Å². The number of likely N-dealkylation sites (tertiary alicyclic amines) is 1. The van der Waals surface area contributed by atoms with Gasteiger partial charge in [-0.25, -0.2) is 0 Å². The van der Waals surface area contributed by atoms with Gasteiger partial charge in [-0.3, -0.25) is 9.69 Å². The van der Waals surface area contributed by atoms with Crippen molar-refractivity contribution < 1.29 is 9.53 Å². The fourth-order valence-corrected chi connectivity index (χ4v) is 3.42. The molecule has 0 aliphatic carbocycles. The molecule has 1 unspecified atom stereocenters. The number of nitrogens with zero attached hydrogens (tertiary/aromatic N) is 1. The minimum Gasteiger partial charge on any atom is -0.489 e. The molecular weight excluding hydrogens is 336 g/mol. The normalized spacial score (nSPS) is 17.1. The largest absolute Gasteiger partial charge is 0.489 e. The predicted octanol–water partition coefficient (Wildman–Crippen LogP) is 3.37. The number of rotatable bonds is 7. The van der Waals surface area contributed by atoms with Crippen LogP contribution in [0.5, 0.6) is 5.75 Å². The summed E-state index contributed by atoms with van der Waals surface area (Å²) in [5.41, 5.74) is 2.09. The first-order valence-corrected chi connectivity index (χ1v) is 9.48. The predicted molar refractivity (Wildman–Crippen MR) is 107 cm³/mol. The van der Waals surface area contributed by atoms with E-state index in [1.54, 1.807) is 0 Å². The van der Waals surface area contributed by atoms with Crippen molar-refractivity contribution in [2.75, 3.05) is 13.1 Å². The van der Waals surface area contributed by atoms with Crippen LogP contribution in [0.4, 0.5) is 0 Å². The molecule has 0 aromatic heterocycles. The van der Waals surface area contributed by atoms with Gasteiger partial charge in [-0.2, -0.15) is 0 Å². The highest BCUT2D eigenvalue weighted by atomic mass is 16.5. The van der Waals surface area contributed by atoms with Crippen LogP contribution in [0, 0.1) is 12.3 Å². The number of carbonyl (C=O) groups excluding carboxylic acids is 1. The van der Waals surface area contributed by atoms with Gasteiger partial charge in [-0.1, -0.05) is 60.9 Å². The number of hydrogen-bond acceptors (Lipinski definition) is 3. The Balaban J connectivity index is 1.59. The molecule has 0 saturated carbocycles. The van der Waals surface area contributed by atoms with Gasteiger partial charge in [0.2, 0.25) is 5.91 Å². The lowest BCUT2D eigenvalue weighted by Crippen LogP contribution is -2.49. The Bertz CT molecular complexity index is 782. The van der Waals surface area contributed by atoms with Gasteiger partial charge in [0, 0.05) is 12.1 Å². The smallest absolute Gasteiger partial charge is 0.237 e. The Hall–Kier alpha value is -2.77. The van der Waals surface area contributed by atoms with Crippen molar-refractivity contribution in [3.63, 3.8) is 0 Å². The van der Waals surface area contributed by atoms with Crippen LogP contribution < -0.4 is 10.1 Å². The SMILES string of the molecule is C#CCN1CCCCC1C(=O)NCc1ccccc1OCc1ccccc1. The highest BCUT2D eigenvalue weighted by molar-refractivity contribution is 5.81. The molecule has 0 bridgehead atoms. The van der Waals surface area contributed by atoms with Crippen molar-refractivity contribution in [1.82, 2.24) is 10.2 Å². The number of nitrogens with one attached hydrogen (secondary N) is 1. The summed E-state index contributed by atoms with van der Waals surface area (Å²) in [7, 11) is 0. The Labute approximate surface area is 161 Å². The van der Waals surface area contributed by atoms with Gasteiger partial charge >= 0.3 is 0 Å². The molecule has 2 aromatic carbocycles. The molecule has 1 N–H and O–H groups in total. The summed E-state index contributed by atoms with van der Waals surface area (Å²) in [5.74, 6) is 3.50. The number of amides is 1. The van der Waals surface area contributed by atoms with Crippen LogP contribution in [-0.2, 0) is 17.9 Å². The fraction of sp³-hybridized carbons (Fsp3) is 0.348. The first-order chi connectivity index (χ1) is 13.3. The Morgan fingerprint density at radius 1 is 1.15 bits per heavy atom. The third-order valence-corrected chi connectivity index (χ3v) is 4.87. The standard InChI is InChI=1S/C23H26N2O2/c1-2-15-25-16-9-8-13-21(25)23(26)24-17-20-12-6-7-14-22(20)27-18-19-10-4-3-5-11-19/h1,3-7,10-12,14,21H,8-9,13,15-18H2,(H,24,26). The summed E-state index contributed by atoms with van der Waals surface area (Å²) >= 11 is 0. The topological polar surface area (TPSA) is 41.6 Å². The number of hydrogen-bond donors (Lipinski definition) is 1. The van der Waals surface area contributed by atoms with Crippen LogP contribution in [0.1, 0.15) is 30.4 Å². The van der Waals surface area contributed by atoms with E-state index >= 15 is 0 Å². The van der Waals surface area contributed by atoms with Crippen LogP contribution >= 0.6 is 0 Å². The molecule has 0 spiro atoms. The van der Waals surface area contributed by atoms with E-state index in [1.165, 1.54) is 0 Å². The molecule has 140 valence electrons. The summed E-state index contributed by atoms with van der Waals surface area (Å²) in [4.78, 5) is 14.8. The molecule has 1 heterocycles. The molecule has 1 amide bonds. The summed E-state index contributed by atoms with van der Waals surface area (Å²) < 4.78 is 5.97. The number of ether oxygens (including phenoxy) is 1. The number of para-hydroxylation sites is 1. The first-order valence-electron chi connectivity index (χ1n) is 9.48. The zero-order chi connectivity index (χ0) is 18.9. The zero-order valence-corrected chi connectivity index (χ0v) is 15.6. The second kappa shape index (κ2) is 9.80. The summed E-state index contributed by atoms with van der Waals surface area (Å²) in [6, 6.07) is 17.8. The van der Waals surface area contributed by atoms with E-state index in [0.29, 0.717) is 19.7 Å². The molecule has 1 aliphatic rings. The Morgan fingerprint density at radius 2 is 1.93 bits per heavy atom. The van der Waals surface area contributed by atoms with E-state index in [0.717, 1.165) is 42.7 Å². The lowest BCUT2D eigenvalue weighted by atomic mass is 10.0. The first kappa shape index (κ1) is 19.0. The third kappa shape index (κ3) is 5.35. The minimum atomic E-state index is -0.132. The average Bonchev–Trinajstić information content (AvgIpc) is 2.72. The maximum absolute atomic E-state index is 12.7. The molecule has 2 aromatic rings. The van der Waals surface area contributed by atoms with Crippen molar-refractivity contribution >= 4 is 5.91 Å². The molecule has 1 fully saturated rings. The fourth-order valence-electron chi connectivity index (χ4n) is 3.42. The Morgan fingerprint density at radius 3 is 2.74 bits per heavy atom. The maximum Gasteiger partial charge on any atom is 0.237 e. The van der Waals surface area contributed by atoms with Gasteiger partial charge in [-0.15, -0.1) is 6.42 Å². The third-order valence-electron chi connectivity index (χ3n) is 4.87. The molecule has 27 heavy (non-hydrogen) atoms. The summed E-state index contributed by atoms with van der Waals surface area (Å²) in [6.45, 7) is 2.36. The van der Waals surface area contributed by atoms with E-state index in [9.17, 15) is 4.79 Å². The van der Waals surface area contributed by atoms with Gasteiger partial charge in [0.05, 0.1) is 12.6 Å². The molecule has 1 aliphatic heterocycles. The van der Waals surface area contributed by atoms with E-state index < -0.39 is 0 Å². The maximum atomic E-state index is 12.7. The van der Waals surface area contributed by atoms with Crippen LogP contribution in [0.2, 0.25) is 0 Å². The number of piperidine rings is 1. The van der Waals surface area contributed by atoms with E-state index in [4.69, 9.17) is 11.2 Å². The van der Waals surface area contributed by atoms with Gasteiger partial charge in [0.25, 0.3) is 0 Å². The molecule has 4 nitrogen and oxygen atoms in total. The van der Waals surface area contributed by atoms with Crippen molar-refractivity contribution in [1.29, 1.82) is 0 Å². The van der Waals surface area contributed by atoms with E-state index in [-0.39, 0.29) is 11.9 Å². The second-order valence-corrected chi connectivity index (χ2v) is 6.79. The number of benzene rings is 2. The highest BCUT2D eigenvalue weighted by Crippen LogP contribution is 2.20. The van der Waals surface area contributed by atoms with E-state index in [1.807, 2.05) is 54.6 Å². The molecule has 4 heteroatoms. The number of carbonyl (C=O) groups is 1. The molecule has 1 atom stereocenters. The van der Waals surface area contributed by atoms with Crippen molar-refractivity contribution in [2.45, 2.75) is 38.5 Å². The summed E-state index contributed by atoms with van der Waals surface area (Å²) in [5, 5.41) is 3.07. The lowest BCUT2D eigenvalue weighted by Gasteiger charge is -2.33. The van der Waals surface area contributed by atoms with Crippen LogP contribution in [-0.4, -0.2) is 29.9 Å². The van der Waals surface area contributed by atoms with Crippen molar-refractivity contribution in [3.05, 3.63) is 65.7 Å². The molecule has 3 rings (SSSR count). The van der Waals surface area contributed by atoms with E-state index in [2.05, 4.69) is 16.1 Å². The lowest BCUT2D eigenvalue weighted by molar-refractivity contribution is -0.127. The van der Waals surface area contributed by atoms with Gasteiger partial charge in [0.15, 0.2) is 0 Å². The average molecular weight is 362 g/mol. The van der Waals surface area contributed by atoms with Gasteiger partial charge in [0.1, 0.15) is 12.4 Å². The quantitative estimate of drug-likeness (QED) is 0.768. The molecule has 0 radical (unpaired) electrons. The molecule has 1 saturated heterocycles. The van der Waals surface area contributed by atoms with Crippen molar-refractivity contribution in [3.8, 4) is 18.1 Å². The van der Waals surface area contributed by atoms with Crippen molar-refractivity contribution in [2.24, 2.45) is 0 Å². The van der Waals surface area contributed by atoms with Crippen LogP contribution in [0.25, 0.3) is 0 Å². The molecular formula is C23H26N2O2. The van der Waals surface area contributed by atoms with Crippen LogP contribution in [0.15, 0.2) is 54.6 Å². The minimum absolute atomic E-state index is 0.0443. The zero-order valence-electron chi connectivity index (χ0n) is 15.6. The van der Waals surface area contributed by atoms with Gasteiger partial charge < -0.3 is 10.1 Å². The summed E-state index contributed by atoms with van der Waals surface area (Å²) in [6.07, 6.45) is 8.47. The Kier molecular flexibility index (Phi) is 6.90. The second-order valence-electron chi connectivity index (χ2n) is 6.79.